The standard InChI is InChI=1S/C14H22N2O4/c1-10(2)16(3)7-5-4-6-15-13(17)12-8-11(9-20-12)14(18)19/h8-10H,4-7H2,1-3H3,(H,15,17)(H,18,19). The highest BCUT2D eigenvalue weighted by Gasteiger charge is 2.13. The molecular formula is C14H22N2O4. The van der Waals surface area contributed by atoms with E-state index in [2.05, 4.69) is 31.1 Å². The number of furan rings is 1. The first-order valence-corrected chi connectivity index (χ1v) is 6.72. The summed E-state index contributed by atoms with van der Waals surface area (Å²) >= 11 is 0. The average Bonchev–Trinajstić information content (AvgIpc) is 2.87. The Hall–Kier alpha value is -1.82. The zero-order valence-corrected chi connectivity index (χ0v) is 12.2. The van der Waals surface area contributed by atoms with E-state index in [9.17, 15) is 9.59 Å². The van der Waals surface area contributed by atoms with Crippen molar-refractivity contribution in [2.45, 2.75) is 32.7 Å². The van der Waals surface area contributed by atoms with Crippen molar-refractivity contribution in [2.75, 3.05) is 20.1 Å². The first-order valence-electron chi connectivity index (χ1n) is 6.72. The topological polar surface area (TPSA) is 82.8 Å². The van der Waals surface area contributed by atoms with Gasteiger partial charge in [0, 0.05) is 18.7 Å². The van der Waals surface area contributed by atoms with Crippen molar-refractivity contribution >= 4 is 11.9 Å². The maximum absolute atomic E-state index is 11.7. The van der Waals surface area contributed by atoms with Crippen molar-refractivity contribution in [1.29, 1.82) is 0 Å². The fraction of sp³-hybridized carbons (Fsp3) is 0.571. The molecule has 20 heavy (non-hydrogen) atoms. The molecule has 0 saturated heterocycles. The lowest BCUT2D eigenvalue weighted by molar-refractivity contribution is 0.0696. The van der Waals surface area contributed by atoms with Gasteiger partial charge in [-0.15, -0.1) is 0 Å². The van der Waals surface area contributed by atoms with Crippen molar-refractivity contribution < 1.29 is 19.1 Å². The monoisotopic (exact) mass is 282 g/mol. The van der Waals surface area contributed by atoms with Crippen LogP contribution >= 0.6 is 0 Å². The van der Waals surface area contributed by atoms with Crippen LogP contribution in [-0.4, -0.2) is 48.1 Å². The van der Waals surface area contributed by atoms with Crippen LogP contribution in [0.4, 0.5) is 0 Å². The van der Waals surface area contributed by atoms with E-state index in [1.165, 1.54) is 6.07 Å². The summed E-state index contributed by atoms with van der Waals surface area (Å²) < 4.78 is 4.91. The molecule has 0 unspecified atom stereocenters. The van der Waals surface area contributed by atoms with E-state index in [-0.39, 0.29) is 17.2 Å². The number of carbonyl (C=O) groups is 2. The molecule has 0 saturated carbocycles. The van der Waals surface area contributed by atoms with E-state index >= 15 is 0 Å². The van der Waals surface area contributed by atoms with E-state index in [1.807, 2.05) is 0 Å². The van der Waals surface area contributed by atoms with Gasteiger partial charge in [0.2, 0.25) is 0 Å². The fourth-order valence-electron chi connectivity index (χ4n) is 1.60. The lowest BCUT2D eigenvalue weighted by atomic mass is 10.2. The lowest BCUT2D eigenvalue weighted by Gasteiger charge is -2.20. The summed E-state index contributed by atoms with van der Waals surface area (Å²) in [5, 5.41) is 11.4. The maximum atomic E-state index is 11.7. The van der Waals surface area contributed by atoms with Gasteiger partial charge in [0.05, 0.1) is 5.56 Å². The number of unbranched alkanes of at least 4 members (excludes halogenated alkanes) is 1. The Morgan fingerprint density at radius 3 is 2.65 bits per heavy atom. The Labute approximate surface area is 118 Å². The molecule has 6 heteroatoms. The Kier molecular flexibility index (Phi) is 6.24. The van der Waals surface area contributed by atoms with Gasteiger partial charge in [0.25, 0.3) is 5.91 Å². The number of rotatable bonds is 8. The van der Waals surface area contributed by atoms with Gasteiger partial charge < -0.3 is 19.7 Å². The molecule has 1 aromatic rings. The van der Waals surface area contributed by atoms with Crippen LogP contribution in [-0.2, 0) is 0 Å². The van der Waals surface area contributed by atoms with Crippen molar-refractivity contribution in [3.05, 3.63) is 23.7 Å². The highest BCUT2D eigenvalue weighted by molar-refractivity contribution is 5.95. The average molecular weight is 282 g/mol. The number of carboxylic acid groups (broad SMARTS) is 1. The summed E-state index contributed by atoms with van der Waals surface area (Å²) in [6, 6.07) is 1.74. The van der Waals surface area contributed by atoms with Crippen molar-refractivity contribution in [3.63, 3.8) is 0 Å². The van der Waals surface area contributed by atoms with E-state index in [1.54, 1.807) is 0 Å². The predicted octanol–water partition coefficient (Wildman–Crippen LogP) is 1.83. The second kappa shape index (κ2) is 7.69. The van der Waals surface area contributed by atoms with Gasteiger partial charge >= 0.3 is 5.97 Å². The van der Waals surface area contributed by atoms with Crippen LogP contribution in [0, 0.1) is 0 Å². The molecule has 0 spiro atoms. The molecule has 0 fully saturated rings. The zero-order chi connectivity index (χ0) is 15.1. The maximum Gasteiger partial charge on any atom is 0.338 e. The van der Waals surface area contributed by atoms with Crippen LogP contribution in [0.15, 0.2) is 16.7 Å². The summed E-state index contributed by atoms with van der Waals surface area (Å²) in [6.07, 6.45) is 2.93. The Bertz CT molecular complexity index is 454. The summed E-state index contributed by atoms with van der Waals surface area (Å²) in [5.41, 5.74) is -0.0197. The van der Waals surface area contributed by atoms with Gasteiger partial charge in [-0.1, -0.05) is 0 Å². The molecule has 1 rings (SSSR count). The second-order valence-electron chi connectivity index (χ2n) is 5.04. The quantitative estimate of drug-likeness (QED) is 0.711. The molecule has 0 aliphatic rings. The normalized spacial score (nSPS) is 11.1. The summed E-state index contributed by atoms with van der Waals surface area (Å²) in [7, 11) is 2.07. The summed E-state index contributed by atoms with van der Waals surface area (Å²) in [4.78, 5) is 24.6. The molecule has 0 aromatic carbocycles. The predicted molar refractivity (Wildman–Crippen MR) is 75.0 cm³/mol. The molecule has 0 bridgehead atoms. The van der Waals surface area contributed by atoms with Crippen LogP contribution in [0.2, 0.25) is 0 Å². The van der Waals surface area contributed by atoms with E-state index in [0.29, 0.717) is 12.6 Å². The second-order valence-corrected chi connectivity index (χ2v) is 5.04. The molecule has 112 valence electrons. The van der Waals surface area contributed by atoms with Crippen LogP contribution < -0.4 is 5.32 Å². The molecule has 0 aliphatic heterocycles. The highest BCUT2D eigenvalue weighted by Crippen LogP contribution is 2.07. The van der Waals surface area contributed by atoms with E-state index in [0.717, 1.165) is 25.6 Å². The number of aromatic carboxylic acids is 1. The van der Waals surface area contributed by atoms with Gasteiger partial charge in [0.1, 0.15) is 6.26 Å². The Morgan fingerprint density at radius 2 is 2.10 bits per heavy atom. The molecule has 1 aromatic heterocycles. The van der Waals surface area contributed by atoms with Crippen LogP contribution in [0.25, 0.3) is 0 Å². The van der Waals surface area contributed by atoms with Gasteiger partial charge in [-0.2, -0.15) is 0 Å². The minimum Gasteiger partial charge on any atom is -0.478 e. The van der Waals surface area contributed by atoms with E-state index < -0.39 is 5.97 Å². The summed E-state index contributed by atoms with van der Waals surface area (Å²) in [6.45, 7) is 5.81. The first-order chi connectivity index (χ1) is 9.41. The number of nitrogens with zero attached hydrogens (tertiary/aromatic N) is 1. The van der Waals surface area contributed by atoms with Crippen LogP contribution in [0.3, 0.4) is 0 Å². The minimum absolute atomic E-state index is 0.0197. The molecule has 0 atom stereocenters. The zero-order valence-electron chi connectivity index (χ0n) is 12.2. The molecule has 0 aliphatic carbocycles. The minimum atomic E-state index is -1.11. The fourth-order valence-corrected chi connectivity index (χ4v) is 1.60. The molecule has 1 amide bonds. The number of nitrogens with one attached hydrogen (secondary N) is 1. The third-order valence-corrected chi connectivity index (χ3v) is 3.17. The highest BCUT2D eigenvalue weighted by atomic mass is 16.4. The molecule has 2 N–H and O–H groups in total. The van der Waals surface area contributed by atoms with Crippen molar-refractivity contribution in [1.82, 2.24) is 10.2 Å². The largest absolute Gasteiger partial charge is 0.478 e. The summed E-state index contributed by atoms with van der Waals surface area (Å²) in [5.74, 6) is -1.46. The Morgan fingerprint density at radius 1 is 1.40 bits per heavy atom. The van der Waals surface area contributed by atoms with Gasteiger partial charge in [-0.05, 0) is 40.3 Å². The van der Waals surface area contributed by atoms with Gasteiger partial charge in [-0.25, -0.2) is 4.79 Å². The molecule has 0 radical (unpaired) electrons. The third kappa shape index (κ3) is 5.05. The SMILES string of the molecule is CC(C)N(C)CCCCNC(=O)c1cc(C(=O)O)co1. The van der Waals surface area contributed by atoms with E-state index in [4.69, 9.17) is 9.52 Å². The number of hydrogen-bond acceptors (Lipinski definition) is 4. The Balaban J connectivity index is 2.24. The van der Waals surface area contributed by atoms with Crippen LogP contribution in [0.1, 0.15) is 47.6 Å². The smallest absolute Gasteiger partial charge is 0.338 e. The number of amides is 1. The first kappa shape index (κ1) is 16.2. The van der Waals surface area contributed by atoms with Crippen molar-refractivity contribution in [2.24, 2.45) is 0 Å². The number of carboxylic acids is 1. The third-order valence-electron chi connectivity index (χ3n) is 3.17. The molecular weight excluding hydrogens is 260 g/mol. The molecule has 6 nitrogen and oxygen atoms in total. The van der Waals surface area contributed by atoms with Gasteiger partial charge in [-0.3, -0.25) is 4.79 Å². The van der Waals surface area contributed by atoms with Crippen LogP contribution in [0.5, 0.6) is 0 Å². The molecule has 1 heterocycles. The number of hydrogen-bond donors (Lipinski definition) is 2. The number of carbonyl (C=O) groups excluding carboxylic acids is 1. The lowest BCUT2D eigenvalue weighted by Crippen LogP contribution is -2.28. The van der Waals surface area contributed by atoms with Gasteiger partial charge in [0.15, 0.2) is 5.76 Å². The van der Waals surface area contributed by atoms with Crippen molar-refractivity contribution in [3.8, 4) is 0 Å².